The third kappa shape index (κ3) is 9.64. The second-order valence-corrected chi connectivity index (χ2v) is 5.94. The maximum absolute atomic E-state index is 11.3. The number of hydrogen-bond donors (Lipinski definition) is 2. The highest BCUT2D eigenvalue weighted by molar-refractivity contribution is 5.69. The molecule has 2 N–H and O–H groups in total. The summed E-state index contributed by atoms with van der Waals surface area (Å²) in [4.78, 5) is 11.3. The van der Waals surface area contributed by atoms with E-state index in [1.54, 1.807) is 0 Å². The number of aliphatic hydroxyl groups is 2. The maximum atomic E-state index is 11.3. The number of rotatable bonds is 12. The zero-order valence-corrected chi connectivity index (χ0v) is 13.0. The van der Waals surface area contributed by atoms with Gasteiger partial charge in [0.1, 0.15) is 12.7 Å². The molecule has 1 rings (SSSR count). The predicted molar refractivity (Wildman–Crippen MR) is 82.9 cm³/mol. The van der Waals surface area contributed by atoms with Crippen molar-refractivity contribution in [3.63, 3.8) is 0 Å². The molecule has 0 amide bonds. The molecule has 4 nitrogen and oxygen atoms in total. The molecule has 4 heteroatoms. The van der Waals surface area contributed by atoms with Crippen LogP contribution in [0.1, 0.15) is 64.2 Å². The molecule has 0 aromatic heterocycles. The van der Waals surface area contributed by atoms with Crippen molar-refractivity contribution in [3.8, 4) is 0 Å². The number of carbonyl (C=O) groups is 1. The molecule has 2 atom stereocenters. The van der Waals surface area contributed by atoms with Crippen LogP contribution >= 0.6 is 0 Å². The van der Waals surface area contributed by atoms with Gasteiger partial charge in [0.2, 0.25) is 0 Å². The molecular weight excluding hydrogens is 268 g/mol. The quantitative estimate of drug-likeness (QED) is 0.330. The van der Waals surface area contributed by atoms with Gasteiger partial charge in [-0.15, -0.1) is 0 Å². The number of ether oxygens (including phenoxy) is 1. The molecule has 0 unspecified atom stereocenters. The number of unbranched alkanes of at least 4 members (excludes halogenated alkanes) is 5. The molecule has 0 heterocycles. The van der Waals surface area contributed by atoms with Gasteiger partial charge in [-0.1, -0.05) is 44.3 Å². The van der Waals surface area contributed by atoms with Crippen LogP contribution in [0, 0.1) is 5.92 Å². The van der Waals surface area contributed by atoms with Crippen LogP contribution in [0.4, 0.5) is 0 Å². The van der Waals surface area contributed by atoms with Gasteiger partial charge in [-0.05, 0) is 31.6 Å². The van der Waals surface area contributed by atoms with Crippen LogP contribution in [0.15, 0.2) is 12.2 Å². The minimum Gasteiger partial charge on any atom is -0.463 e. The number of allylic oxidation sites excluding steroid dienone is 2. The van der Waals surface area contributed by atoms with E-state index in [1.165, 1.54) is 44.9 Å². The smallest absolute Gasteiger partial charge is 0.305 e. The van der Waals surface area contributed by atoms with Crippen molar-refractivity contribution in [2.75, 3.05) is 13.2 Å². The summed E-state index contributed by atoms with van der Waals surface area (Å²) in [6, 6.07) is 0. The Bertz CT molecular complexity index is 301. The molecule has 0 saturated heterocycles. The van der Waals surface area contributed by atoms with Gasteiger partial charge in [-0.2, -0.15) is 0 Å². The summed E-state index contributed by atoms with van der Waals surface area (Å²) in [5, 5.41) is 17.6. The summed E-state index contributed by atoms with van der Waals surface area (Å²) in [5.74, 6) is 0.546. The van der Waals surface area contributed by atoms with E-state index < -0.39 is 6.10 Å². The van der Waals surface area contributed by atoms with Crippen LogP contribution in [0.2, 0.25) is 0 Å². The Balaban J connectivity index is 1.81. The van der Waals surface area contributed by atoms with Crippen LogP contribution < -0.4 is 0 Å². The van der Waals surface area contributed by atoms with Crippen LogP contribution in [0.5, 0.6) is 0 Å². The molecule has 0 bridgehead atoms. The minimum atomic E-state index is -0.955. The number of aliphatic hydroxyl groups excluding tert-OH is 2. The summed E-state index contributed by atoms with van der Waals surface area (Å²) in [7, 11) is 0. The monoisotopic (exact) mass is 298 g/mol. The first-order valence-corrected chi connectivity index (χ1v) is 8.33. The highest BCUT2D eigenvalue weighted by Crippen LogP contribution is 2.23. The molecule has 1 aliphatic rings. The lowest BCUT2D eigenvalue weighted by molar-refractivity contribution is -0.147. The van der Waals surface area contributed by atoms with E-state index in [4.69, 9.17) is 14.9 Å². The van der Waals surface area contributed by atoms with Gasteiger partial charge in [-0.25, -0.2) is 0 Å². The van der Waals surface area contributed by atoms with Crippen molar-refractivity contribution in [2.24, 2.45) is 5.92 Å². The van der Waals surface area contributed by atoms with Crippen LogP contribution in [-0.4, -0.2) is 35.5 Å². The topological polar surface area (TPSA) is 66.8 Å². The summed E-state index contributed by atoms with van der Waals surface area (Å²) >= 11 is 0. The normalized spacial score (nSPS) is 18.9. The van der Waals surface area contributed by atoms with Crippen LogP contribution in [-0.2, 0) is 9.53 Å². The van der Waals surface area contributed by atoms with E-state index in [0.29, 0.717) is 6.42 Å². The Morgan fingerprint density at radius 1 is 1.19 bits per heavy atom. The van der Waals surface area contributed by atoms with E-state index >= 15 is 0 Å². The predicted octanol–water partition coefficient (Wildman–Crippen LogP) is 2.97. The number of carbonyl (C=O) groups excluding carboxylic acids is 1. The fourth-order valence-electron chi connectivity index (χ4n) is 2.63. The van der Waals surface area contributed by atoms with Crippen LogP contribution in [0.3, 0.4) is 0 Å². The molecule has 0 spiro atoms. The van der Waals surface area contributed by atoms with Gasteiger partial charge in [-0.3, -0.25) is 4.79 Å². The first-order valence-electron chi connectivity index (χ1n) is 8.33. The van der Waals surface area contributed by atoms with Gasteiger partial charge in [0, 0.05) is 6.42 Å². The van der Waals surface area contributed by atoms with Crippen molar-refractivity contribution in [1.82, 2.24) is 0 Å². The van der Waals surface area contributed by atoms with Gasteiger partial charge in [0.25, 0.3) is 0 Å². The third-order valence-corrected chi connectivity index (χ3v) is 3.97. The zero-order chi connectivity index (χ0) is 15.3. The maximum Gasteiger partial charge on any atom is 0.305 e. The highest BCUT2D eigenvalue weighted by Gasteiger charge is 2.08. The molecule has 0 radical (unpaired) electrons. The third-order valence-electron chi connectivity index (χ3n) is 3.97. The Hall–Kier alpha value is -0.870. The Morgan fingerprint density at radius 2 is 1.90 bits per heavy atom. The van der Waals surface area contributed by atoms with E-state index in [2.05, 4.69) is 12.2 Å². The second-order valence-electron chi connectivity index (χ2n) is 5.94. The molecule has 0 aromatic rings. The summed E-state index contributed by atoms with van der Waals surface area (Å²) in [6.07, 6.45) is 15.0. The van der Waals surface area contributed by atoms with Crippen molar-refractivity contribution in [3.05, 3.63) is 12.2 Å². The first kappa shape index (κ1) is 18.2. The Labute approximate surface area is 128 Å². The van der Waals surface area contributed by atoms with Crippen molar-refractivity contribution in [2.45, 2.75) is 70.3 Å². The molecular formula is C17H30O4. The van der Waals surface area contributed by atoms with E-state index in [-0.39, 0.29) is 19.2 Å². The van der Waals surface area contributed by atoms with Crippen molar-refractivity contribution >= 4 is 5.97 Å². The Morgan fingerprint density at radius 3 is 2.57 bits per heavy atom. The second kappa shape index (κ2) is 11.8. The standard InChI is InChI=1S/C17H30O4/c18-13-16(19)14-21-17(20)12-6-4-2-1-3-5-9-15-10-7-8-11-15/h7,10,15-16,18-19H,1-6,8-9,11-14H2/t15-,16-/m0/s1. The fraction of sp³-hybridized carbons (Fsp3) is 0.824. The van der Waals surface area contributed by atoms with Crippen molar-refractivity contribution in [1.29, 1.82) is 0 Å². The van der Waals surface area contributed by atoms with Gasteiger partial charge in [0.05, 0.1) is 6.61 Å². The summed E-state index contributed by atoms with van der Waals surface area (Å²) < 4.78 is 4.84. The molecule has 21 heavy (non-hydrogen) atoms. The average molecular weight is 298 g/mol. The lowest BCUT2D eigenvalue weighted by Gasteiger charge is -2.08. The lowest BCUT2D eigenvalue weighted by atomic mass is 10.00. The SMILES string of the molecule is O=C(CCCCCCCC[C@H]1C=CCC1)OC[C@@H](O)CO. The molecule has 122 valence electrons. The molecule has 0 aliphatic heterocycles. The summed E-state index contributed by atoms with van der Waals surface area (Å²) in [6.45, 7) is -0.477. The van der Waals surface area contributed by atoms with Gasteiger partial charge in [0.15, 0.2) is 0 Å². The first-order chi connectivity index (χ1) is 10.2. The van der Waals surface area contributed by atoms with Crippen molar-refractivity contribution < 1.29 is 19.7 Å². The van der Waals surface area contributed by atoms with E-state index in [9.17, 15) is 4.79 Å². The average Bonchev–Trinajstić information content (AvgIpc) is 3.00. The summed E-state index contributed by atoms with van der Waals surface area (Å²) in [5.41, 5.74) is 0. The van der Waals surface area contributed by atoms with E-state index in [1.807, 2.05) is 0 Å². The fourth-order valence-corrected chi connectivity index (χ4v) is 2.63. The zero-order valence-electron chi connectivity index (χ0n) is 13.0. The number of hydrogen-bond acceptors (Lipinski definition) is 4. The largest absolute Gasteiger partial charge is 0.463 e. The molecule has 0 saturated carbocycles. The lowest BCUT2D eigenvalue weighted by Crippen LogP contribution is -2.21. The highest BCUT2D eigenvalue weighted by atomic mass is 16.5. The molecule has 0 aromatic carbocycles. The molecule has 0 fully saturated rings. The Kier molecular flexibility index (Phi) is 10.2. The van der Waals surface area contributed by atoms with E-state index in [0.717, 1.165) is 18.8 Å². The van der Waals surface area contributed by atoms with Gasteiger partial charge >= 0.3 is 5.97 Å². The molecule has 1 aliphatic carbocycles. The van der Waals surface area contributed by atoms with Gasteiger partial charge < -0.3 is 14.9 Å². The number of esters is 1. The minimum absolute atomic E-state index is 0.106. The van der Waals surface area contributed by atoms with Crippen LogP contribution in [0.25, 0.3) is 0 Å².